The molecule has 1 N–H and O–H groups in total. The van der Waals surface area contributed by atoms with Crippen LogP contribution in [0.2, 0.25) is 5.02 Å². The van der Waals surface area contributed by atoms with E-state index in [-0.39, 0.29) is 24.8 Å². The van der Waals surface area contributed by atoms with Crippen LogP contribution in [-0.4, -0.2) is 41.2 Å². The van der Waals surface area contributed by atoms with Gasteiger partial charge in [0.25, 0.3) is 17.7 Å². The zero-order valence-electron chi connectivity index (χ0n) is 19.4. The third-order valence-corrected chi connectivity index (χ3v) is 6.40. The highest BCUT2D eigenvalue weighted by atomic mass is 35.5. The third-order valence-electron chi connectivity index (χ3n) is 6.15. The lowest BCUT2D eigenvalue weighted by molar-refractivity contribution is -0.125. The number of amides is 4. The number of halogens is 1. The Morgan fingerprint density at radius 1 is 0.944 bits per heavy atom. The number of nitrogens with zero attached hydrogens (tertiary/aromatic N) is 2. The first-order valence-corrected chi connectivity index (χ1v) is 11.8. The van der Waals surface area contributed by atoms with Crippen LogP contribution in [0.1, 0.15) is 39.6 Å². The predicted molar refractivity (Wildman–Crippen MR) is 134 cm³/mol. The maximum atomic E-state index is 12.9. The van der Waals surface area contributed by atoms with E-state index in [4.69, 9.17) is 16.3 Å². The monoisotopic (exact) mass is 503 g/mol. The van der Waals surface area contributed by atoms with Gasteiger partial charge in [-0.15, -0.1) is 0 Å². The molecule has 0 bridgehead atoms. The summed E-state index contributed by atoms with van der Waals surface area (Å²) >= 11 is 5.98. The molecule has 0 aromatic heterocycles. The van der Waals surface area contributed by atoms with E-state index in [0.717, 1.165) is 10.5 Å². The van der Waals surface area contributed by atoms with Crippen molar-refractivity contribution in [2.24, 2.45) is 0 Å². The number of hydrogen-bond acceptors (Lipinski definition) is 5. The molecule has 0 aliphatic carbocycles. The van der Waals surface area contributed by atoms with Crippen LogP contribution in [0, 0.1) is 0 Å². The number of carbonyl (C=O) groups excluding carboxylic acids is 4. The van der Waals surface area contributed by atoms with Crippen LogP contribution in [0.25, 0.3) is 0 Å². The summed E-state index contributed by atoms with van der Waals surface area (Å²) < 4.78 is 5.75. The minimum Gasteiger partial charge on any atom is -0.479 e. The lowest BCUT2D eigenvalue weighted by Gasteiger charge is -2.33. The predicted octanol–water partition coefficient (Wildman–Crippen LogP) is 4.28. The van der Waals surface area contributed by atoms with Crippen LogP contribution in [0.4, 0.5) is 11.4 Å². The maximum absolute atomic E-state index is 12.9. The maximum Gasteiger partial charge on any atom is 0.268 e. The molecule has 36 heavy (non-hydrogen) atoms. The summed E-state index contributed by atoms with van der Waals surface area (Å²) in [7, 11) is 0. The van der Waals surface area contributed by atoms with Crippen molar-refractivity contribution in [3.63, 3.8) is 0 Å². The van der Waals surface area contributed by atoms with E-state index in [2.05, 4.69) is 5.32 Å². The Hall–Kier alpha value is -4.17. The quantitative estimate of drug-likeness (QED) is 0.506. The molecule has 0 saturated carbocycles. The smallest absolute Gasteiger partial charge is 0.268 e. The van der Waals surface area contributed by atoms with Crippen LogP contribution < -0.4 is 15.0 Å². The number of imide groups is 1. The number of rotatable bonds is 6. The number of fused-ring (bicyclic) bond motifs is 2. The minimum atomic E-state index is -0.648. The first-order chi connectivity index (χ1) is 17.3. The van der Waals surface area contributed by atoms with Gasteiger partial charge < -0.3 is 15.0 Å². The Kier molecular flexibility index (Phi) is 6.20. The third kappa shape index (κ3) is 4.43. The molecule has 8 nitrogen and oxygen atoms in total. The number of anilines is 2. The topological polar surface area (TPSA) is 96.0 Å². The van der Waals surface area contributed by atoms with Gasteiger partial charge in [0.15, 0.2) is 6.10 Å². The van der Waals surface area contributed by atoms with Gasteiger partial charge in [-0.2, -0.15) is 0 Å². The summed E-state index contributed by atoms with van der Waals surface area (Å²) in [6, 6.07) is 18.9. The first kappa shape index (κ1) is 23.6. The highest BCUT2D eigenvalue weighted by Crippen LogP contribution is 2.37. The van der Waals surface area contributed by atoms with Gasteiger partial charge >= 0.3 is 0 Å². The van der Waals surface area contributed by atoms with E-state index in [1.165, 1.54) is 0 Å². The molecule has 4 amide bonds. The van der Waals surface area contributed by atoms with Crippen LogP contribution in [0.15, 0.2) is 66.7 Å². The summed E-state index contributed by atoms with van der Waals surface area (Å²) in [4.78, 5) is 53.3. The molecule has 182 valence electrons. The lowest BCUT2D eigenvalue weighted by Crippen LogP contribution is -2.44. The molecule has 5 rings (SSSR count). The van der Waals surface area contributed by atoms with E-state index < -0.39 is 17.9 Å². The number of carbonyl (C=O) groups is 4. The van der Waals surface area contributed by atoms with Crippen LogP contribution in [-0.2, 0) is 16.1 Å². The van der Waals surface area contributed by atoms with Gasteiger partial charge in [-0.05, 0) is 55.0 Å². The van der Waals surface area contributed by atoms with Crippen molar-refractivity contribution in [2.45, 2.75) is 26.0 Å². The van der Waals surface area contributed by atoms with E-state index in [1.54, 1.807) is 66.4 Å². The normalized spacial score (nSPS) is 16.5. The SMILES string of the molecule is CC1Oc2ccc(NC(=O)CCN3C(=O)c4ccccc4C3=O)cc2N(Cc2ccc(Cl)cc2)C1=O. The molecule has 0 radical (unpaired) electrons. The Bertz CT molecular complexity index is 1350. The van der Waals surface area contributed by atoms with E-state index >= 15 is 0 Å². The average Bonchev–Trinajstić information content (AvgIpc) is 3.11. The standard InChI is InChI=1S/C27H22ClN3O5/c1-16-25(33)31(15-17-6-8-18(28)9-7-17)22-14-19(10-11-23(22)36-16)29-24(32)12-13-30-26(34)20-4-2-3-5-21(20)27(30)35/h2-11,14,16H,12-13,15H2,1H3,(H,29,32). The molecule has 2 heterocycles. The van der Waals surface area contributed by atoms with Crippen molar-refractivity contribution in [3.8, 4) is 5.75 Å². The number of nitrogens with one attached hydrogen (secondary N) is 1. The fourth-order valence-electron chi connectivity index (χ4n) is 4.30. The van der Waals surface area contributed by atoms with Gasteiger partial charge in [0.2, 0.25) is 5.91 Å². The van der Waals surface area contributed by atoms with Crippen LogP contribution in [0.3, 0.4) is 0 Å². The summed E-state index contributed by atoms with van der Waals surface area (Å²) in [6.07, 6.45) is -0.714. The molecule has 2 aliphatic heterocycles. The summed E-state index contributed by atoms with van der Waals surface area (Å²) in [6.45, 7) is 1.97. The second-order valence-electron chi connectivity index (χ2n) is 8.60. The van der Waals surface area contributed by atoms with Crippen molar-refractivity contribution in [1.82, 2.24) is 4.90 Å². The Labute approximate surface area is 212 Å². The van der Waals surface area contributed by atoms with Gasteiger partial charge in [0.05, 0.1) is 23.4 Å². The second-order valence-corrected chi connectivity index (χ2v) is 9.04. The summed E-state index contributed by atoms with van der Waals surface area (Å²) in [5, 5.41) is 3.39. The van der Waals surface area contributed by atoms with Crippen LogP contribution in [0.5, 0.6) is 5.75 Å². The number of hydrogen-bond donors (Lipinski definition) is 1. The molecule has 1 atom stereocenters. The molecule has 2 aliphatic rings. The van der Waals surface area contributed by atoms with Crippen LogP contribution >= 0.6 is 11.6 Å². The number of ether oxygens (including phenoxy) is 1. The minimum absolute atomic E-state index is 0.0368. The molecule has 0 saturated heterocycles. The first-order valence-electron chi connectivity index (χ1n) is 11.4. The highest BCUT2D eigenvalue weighted by Gasteiger charge is 2.35. The molecule has 0 fully saturated rings. The molecule has 3 aromatic carbocycles. The van der Waals surface area contributed by atoms with Gasteiger partial charge in [-0.3, -0.25) is 24.1 Å². The molecule has 9 heteroatoms. The highest BCUT2D eigenvalue weighted by molar-refractivity contribution is 6.30. The zero-order chi connectivity index (χ0) is 25.4. The van der Waals surface area contributed by atoms with Gasteiger partial charge in [-0.1, -0.05) is 35.9 Å². The summed E-state index contributed by atoms with van der Waals surface area (Å²) in [5.74, 6) is -0.849. The van der Waals surface area contributed by atoms with Crippen molar-refractivity contribution >= 4 is 46.6 Å². The van der Waals surface area contributed by atoms with Crippen molar-refractivity contribution in [3.05, 3.63) is 88.4 Å². The van der Waals surface area contributed by atoms with E-state index in [9.17, 15) is 19.2 Å². The molecule has 3 aromatic rings. The van der Waals surface area contributed by atoms with Gasteiger partial charge in [0.1, 0.15) is 5.75 Å². The van der Waals surface area contributed by atoms with Gasteiger partial charge in [0, 0.05) is 23.7 Å². The fourth-order valence-corrected chi connectivity index (χ4v) is 4.43. The second kappa shape index (κ2) is 9.47. The average molecular weight is 504 g/mol. The van der Waals surface area contributed by atoms with E-state index in [1.807, 2.05) is 12.1 Å². The summed E-state index contributed by atoms with van der Waals surface area (Å²) in [5.41, 5.74) is 2.58. The van der Waals surface area contributed by atoms with Crippen molar-refractivity contribution < 1.29 is 23.9 Å². The Balaban J connectivity index is 1.29. The Morgan fingerprint density at radius 2 is 1.61 bits per heavy atom. The molecule has 1 unspecified atom stereocenters. The Morgan fingerprint density at radius 3 is 2.28 bits per heavy atom. The lowest BCUT2D eigenvalue weighted by atomic mass is 10.1. The number of benzene rings is 3. The largest absolute Gasteiger partial charge is 0.479 e. The van der Waals surface area contributed by atoms with E-state index in [0.29, 0.717) is 39.8 Å². The molecular formula is C27H22ClN3O5. The zero-order valence-corrected chi connectivity index (χ0v) is 20.1. The van der Waals surface area contributed by atoms with Crippen molar-refractivity contribution in [1.29, 1.82) is 0 Å². The fraction of sp³-hybridized carbons (Fsp3) is 0.185. The van der Waals surface area contributed by atoms with Gasteiger partial charge in [-0.25, -0.2) is 0 Å². The molecular weight excluding hydrogens is 482 g/mol. The van der Waals surface area contributed by atoms with Crippen molar-refractivity contribution in [2.75, 3.05) is 16.8 Å². The molecule has 0 spiro atoms.